The average Bonchev–Trinajstić information content (AvgIpc) is 2.85. The molecule has 0 amide bonds. The molecule has 0 aromatic rings. The molecule has 1 N–H and O–H groups in total. The van der Waals surface area contributed by atoms with E-state index in [1.54, 1.807) is 0 Å². The smallest absolute Gasteiger partial charge is 0.122 e. The third-order valence-electron chi connectivity index (χ3n) is 2.53. The van der Waals surface area contributed by atoms with Crippen LogP contribution in [0.2, 0.25) is 0 Å². The van der Waals surface area contributed by atoms with Gasteiger partial charge in [0.25, 0.3) is 0 Å². The van der Waals surface area contributed by atoms with Crippen LogP contribution in [0.3, 0.4) is 0 Å². The summed E-state index contributed by atoms with van der Waals surface area (Å²) in [5.74, 6) is 0.569. The highest BCUT2D eigenvalue weighted by Crippen LogP contribution is 2.39. The van der Waals surface area contributed by atoms with Crippen LogP contribution in [0.15, 0.2) is 0 Å². The first kappa shape index (κ1) is 10.5. The molecule has 1 aliphatic carbocycles. The Morgan fingerprint density at radius 3 is 2.46 bits per heavy atom. The second-order valence-corrected chi connectivity index (χ2v) is 4.13. The number of nitriles is 1. The fraction of sp³-hybridized carbons (Fsp3) is 0.900. The minimum atomic E-state index is -0.293. The summed E-state index contributed by atoms with van der Waals surface area (Å²) in [6, 6.07) is 2.46. The van der Waals surface area contributed by atoms with Crippen molar-refractivity contribution < 1.29 is 0 Å². The maximum Gasteiger partial charge on any atom is 0.122 e. The van der Waals surface area contributed by atoms with E-state index in [1.807, 2.05) is 14.1 Å². The van der Waals surface area contributed by atoms with Crippen molar-refractivity contribution >= 4 is 0 Å². The molecule has 0 spiro atoms. The largest absolute Gasteiger partial charge is 0.306 e. The Bertz CT molecular complexity index is 203. The van der Waals surface area contributed by atoms with Crippen LogP contribution in [0.5, 0.6) is 0 Å². The predicted molar refractivity (Wildman–Crippen MR) is 53.3 cm³/mol. The fourth-order valence-corrected chi connectivity index (χ4v) is 1.89. The Morgan fingerprint density at radius 2 is 2.15 bits per heavy atom. The van der Waals surface area contributed by atoms with Gasteiger partial charge < -0.3 is 4.90 Å². The van der Waals surface area contributed by atoms with Crippen molar-refractivity contribution in [3.8, 4) is 6.07 Å². The van der Waals surface area contributed by atoms with Crippen molar-refractivity contribution in [2.75, 3.05) is 27.2 Å². The number of likely N-dealkylation sites (N-methyl/N-ethyl adjacent to an activating group) is 2. The molecule has 0 aromatic heterocycles. The van der Waals surface area contributed by atoms with E-state index in [9.17, 15) is 5.26 Å². The fourth-order valence-electron chi connectivity index (χ4n) is 1.89. The van der Waals surface area contributed by atoms with Gasteiger partial charge in [0.2, 0.25) is 0 Å². The zero-order chi connectivity index (χ0) is 9.90. The number of hydrogen-bond acceptors (Lipinski definition) is 3. The third kappa shape index (κ3) is 2.43. The van der Waals surface area contributed by atoms with Crippen molar-refractivity contribution in [1.82, 2.24) is 10.2 Å². The lowest BCUT2D eigenvalue weighted by atomic mass is 9.94. The first-order valence-electron chi connectivity index (χ1n) is 4.95. The summed E-state index contributed by atoms with van der Waals surface area (Å²) in [4.78, 5) is 2.09. The second kappa shape index (κ2) is 4.08. The molecule has 1 rings (SSSR count). The normalized spacial score (nSPS) is 21.2. The molecule has 0 aliphatic heterocycles. The maximum absolute atomic E-state index is 9.23. The summed E-state index contributed by atoms with van der Waals surface area (Å²) >= 11 is 0. The summed E-state index contributed by atoms with van der Waals surface area (Å²) in [6.07, 6.45) is 2.41. The Hall–Kier alpha value is -0.590. The number of hydrogen-bond donors (Lipinski definition) is 1. The zero-order valence-corrected chi connectivity index (χ0v) is 8.80. The van der Waals surface area contributed by atoms with Gasteiger partial charge in [-0.1, -0.05) is 6.92 Å². The highest BCUT2D eigenvalue weighted by atomic mass is 15.1. The lowest BCUT2D eigenvalue weighted by Crippen LogP contribution is -2.53. The molecular formula is C10H19N3. The van der Waals surface area contributed by atoms with Gasteiger partial charge in [0, 0.05) is 6.54 Å². The zero-order valence-electron chi connectivity index (χ0n) is 8.80. The molecule has 74 valence electrons. The molecule has 3 nitrogen and oxygen atoms in total. The number of nitrogens with one attached hydrogen (secondary N) is 1. The van der Waals surface area contributed by atoms with Crippen molar-refractivity contribution in [2.45, 2.75) is 25.3 Å². The lowest BCUT2D eigenvalue weighted by Gasteiger charge is -2.30. The van der Waals surface area contributed by atoms with E-state index in [-0.39, 0.29) is 5.54 Å². The summed E-state index contributed by atoms with van der Waals surface area (Å²) in [6.45, 7) is 3.75. The van der Waals surface area contributed by atoms with E-state index in [1.165, 1.54) is 12.8 Å². The Kier molecular flexibility index (Phi) is 3.29. The Morgan fingerprint density at radius 1 is 1.54 bits per heavy atom. The van der Waals surface area contributed by atoms with Crippen molar-refractivity contribution in [3.63, 3.8) is 0 Å². The highest BCUT2D eigenvalue weighted by Gasteiger charge is 2.45. The van der Waals surface area contributed by atoms with Gasteiger partial charge in [-0.15, -0.1) is 0 Å². The van der Waals surface area contributed by atoms with Crippen molar-refractivity contribution in [3.05, 3.63) is 0 Å². The maximum atomic E-state index is 9.23. The van der Waals surface area contributed by atoms with E-state index in [4.69, 9.17) is 0 Å². The van der Waals surface area contributed by atoms with Crippen LogP contribution in [0, 0.1) is 17.2 Å². The van der Waals surface area contributed by atoms with Crippen LogP contribution >= 0.6 is 0 Å². The molecule has 0 bridgehead atoms. The van der Waals surface area contributed by atoms with Crippen LogP contribution in [-0.4, -0.2) is 37.6 Å². The highest BCUT2D eigenvalue weighted by molar-refractivity contribution is 5.16. The third-order valence-corrected chi connectivity index (χ3v) is 2.53. The van der Waals surface area contributed by atoms with Crippen LogP contribution in [0.1, 0.15) is 19.8 Å². The predicted octanol–water partition coefficient (Wildman–Crippen LogP) is 0.830. The van der Waals surface area contributed by atoms with E-state index < -0.39 is 0 Å². The monoisotopic (exact) mass is 181 g/mol. The van der Waals surface area contributed by atoms with Crippen LogP contribution in [0.25, 0.3) is 0 Å². The minimum Gasteiger partial charge on any atom is -0.306 e. The Labute approximate surface area is 80.7 Å². The first-order valence-corrected chi connectivity index (χ1v) is 4.95. The molecule has 1 saturated carbocycles. The second-order valence-electron chi connectivity index (χ2n) is 4.13. The van der Waals surface area contributed by atoms with E-state index in [2.05, 4.69) is 23.2 Å². The summed E-state index contributed by atoms with van der Waals surface area (Å²) in [5.41, 5.74) is -0.293. The Balaban J connectivity index is 2.65. The molecule has 1 fully saturated rings. The van der Waals surface area contributed by atoms with Gasteiger partial charge in [-0.25, -0.2) is 0 Å². The van der Waals surface area contributed by atoms with Gasteiger partial charge >= 0.3 is 0 Å². The van der Waals surface area contributed by atoms with Gasteiger partial charge in [-0.05, 0) is 39.4 Å². The van der Waals surface area contributed by atoms with Gasteiger partial charge in [0.1, 0.15) is 5.54 Å². The van der Waals surface area contributed by atoms with Gasteiger partial charge in [0.15, 0.2) is 0 Å². The molecule has 1 aliphatic rings. The SMILES string of the molecule is CCNC(C#N)(CN(C)C)C1CC1. The number of rotatable bonds is 5. The molecule has 0 heterocycles. The van der Waals surface area contributed by atoms with Gasteiger partial charge in [-0.2, -0.15) is 5.26 Å². The number of nitrogens with zero attached hydrogens (tertiary/aromatic N) is 2. The van der Waals surface area contributed by atoms with Crippen molar-refractivity contribution in [2.24, 2.45) is 5.92 Å². The quantitative estimate of drug-likeness (QED) is 0.683. The summed E-state index contributed by atoms with van der Waals surface area (Å²) in [7, 11) is 4.04. The molecule has 3 heteroatoms. The average molecular weight is 181 g/mol. The molecule has 0 saturated heterocycles. The minimum absolute atomic E-state index is 0.293. The summed E-state index contributed by atoms with van der Waals surface area (Å²) in [5, 5.41) is 12.6. The molecular weight excluding hydrogens is 162 g/mol. The van der Waals surface area contributed by atoms with Crippen LogP contribution < -0.4 is 5.32 Å². The van der Waals surface area contributed by atoms with E-state index in [0.29, 0.717) is 5.92 Å². The van der Waals surface area contributed by atoms with Gasteiger partial charge in [0.05, 0.1) is 6.07 Å². The summed E-state index contributed by atoms with van der Waals surface area (Å²) < 4.78 is 0. The topological polar surface area (TPSA) is 39.1 Å². The lowest BCUT2D eigenvalue weighted by molar-refractivity contribution is 0.262. The van der Waals surface area contributed by atoms with Crippen LogP contribution in [-0.2, 0) is 0 Å². The molecule has 0 radical (unpaired) electrons. The molecule has 0 aromatic carbocycles. The molecule has 1 atom stereocenters. The van der Waals surface area contributed by atoms with Crippen LogP contribution in [0.4, 0.5) is 0 Å². The first-order chi connectivity index (χ1) is 6.14. The van der Waals surface area contributed by atoms with Gasteiger partial charge in [-0.3, -0.25) is 5.32 Å². The molecule has 13 heavy (non-hydrogen) atoms. The van der Waals surface area contributed by atoms with E-state index >= 15 is 0 Å². The van der Waals surface area contributed by atoms with E-state index in [0.717, 1.165) is 13.1 Å². The molecule has 1 unspecified atom stereocenters. The standard InChI is InChI=1S/C10H19N3/c1-4-12-10(7-11,8-13(2)3)9-5-6-9/h9,12H,4-6,8H2,1-3H3. The van der Waals surface area contributed by atoms with Crippen molar-refractivity contribution in [1.29, 1.82) is 5.26 Å².